The first-order valence-electron chi connectivity index (χ1n) is 4.56. The van der Waals surface area contributed by atoms with Gasteiger partial charge in [0, 0.05) is 11.6 Å². The fraction of sp³-hybridized carbons (Fsp3) is 0.100. The van der Waals surface area contributed by atoms with Gasteiger partial charge in [-0.25, -0.2) is 0 Å². The molecule has 82 valence electrons. The molecule has 5 nitrogen and oxygen atoms in total. The summed E-state index contributed by atoms with van der Waals surface area (Å²) in [5, 5.41) is 4.24. The summed E-state index contributed by atoms with van der Waals surface area (Å²) in [6.45, 7) is 0.180. The lowest BCUT2D eigenvalue weighted by atomic mass is 10.1. The van der Waals surface area contributed by atoms with E-state index in [-0.39, 0.29) is 12.7 Å². The standard InChI is InChI=1S/C10H7ClN2O3/c11-9-5(6-3-8(12)16-13-6)1-2-7-10(9)15-4-14-7/h1-3H,4,12H2. The van der Waals surface area contributed by atoms with Crippen molar-refractivity contribution in [3.8, 4) is 22.8 Å². The van der Waals surface area contributed by atoms with Crippen LogP contribution in [0.25, 0.3) is 11.3 Å². The zero-order chi connectivity index (χ0) is 11.1. The molecule has 0 bridgehead atoms. The van der Waals surface area contributed by atoms with Gasteiger partial charge in [0.2, 0.25) is 12.7 Å². The number of hydrogen-bond acceptors (Lipinski definition) is 5. The average molecular weight is 239 g/mol. The van der Waals surface area contributed by atoms with Crippen LogP contribution in [0.4, 0.5) is 5.88 Å². The van der Waals surface area contributed by atoms with Crippen molar-refractivity contribution >= 4 is 17.5 Å². The lowest BCUT2D eigenvalue weighted by Crippen LogP contribution is -1.93. The van der Waals surface area contributed by atoms with Gasteiger partial charge in [-0.1, -0.05) is 16.8 Å². The molecule has 1 aliphatic heterocycles. The van der Waals surface area contributed by atoms with E-state index in [0.29, 0.717) is 27.8 Å². The number of benzene rings is 1. The molecule has 2 heterocycles. The molecule has 0 atom stereocenters. The minimum atomic E-state index is 0.180. The maximum absolute atomic E-state index is 6.17. The van der Waals surface area contributed by atoms with Gasteiger partial charge < -0.3 is 19.7 Å². The van der Waals surface area contributed by atoms with E-state index < -0.39 is 0 Å². The van der Waals surface area contributed by atoms with Crippen LogP contribution in [0.15, 0.2) is 22.7 Å². The molecular formula is C10H7ClN2O3. The summed E-state index contributed by atoms with van der Waals surface area (Å²) in [7, 11) is 0. The monoisotopic (exact) mass is 238 g/mol. The Kier molecular flexibility index (Phi) is 1.94. The number of rotatable bonds is 1. The minimum absolute atomic E-state index is 0.180. The van der Waals surface area contributed by atoms with Gasteiger partial charge in [-0.2, -0.15) is 0 Å². The second kappa shape index (κ2) is 3.31. The highest BCUT2D eigenvalue weighted by molar-refractivity contribution is 6.35. The largest absolute Gasteiger partial charge is 0.454 e. The van der Waals surface area contributed by atoms with Crippen molar-refractivity contribution in [2.75, 3.05) is 12.5 Å². The molecule has 0 spiro atoms. The van der Waals surface area contributed by atoms with Gasteiger partial charge >= 0.3 is 0 Å². The molecule has 3 rings (SSSR count). The summed E-state index contributed by atoms with van der Waals surface area (Å²) in [6, 6.07) is 5.16. The van der Waals surface area contributed by atoms with Crippen LogP contribution in [0, 0.1) is 0 Å². The van der Waals surface area contributed by atoms with E-state index in [2.05, 4.69) is 5.16 Å². The summed E-state index contributed by atoms with van der Waals surface area (Å²) < 4.78 is 15.2. The summed E-state index contributed by atoms with van der Waals surface area (Å²) in [5.74, 6) is 1.40. The molecule has 0 saturated carbocycles. The van der Waals surface area contributed by atoms with Crippen LogP contribution >= 0.6 is 11.6 Å². The first kappa shape index (κ1) is 9.35. The number of ether oxygens (including phenoxy) is 2. The van der Waals surface area contributed by atoms with Crippen LogP contribution < -0.4 is 15.2 Å². The molecule has 2 N–H and O–H groups in total. The van der Waals surface area contributed by atoms with Crippen LogP contribution in [0.2, 0.25) is 5.02 Å². The van der Waals surface area contributed by atoms with E-state index in [1.807, 2.05) is 0 Å². The number of anilines is 1. The maximum Gasteiger partial charge on any atom is 0.231 e. The van der Waals surface area contributed by atoms with Crippen molar-refractivity contribution in [1.29, 1.82) is 0 Å². The lowest BCUT2D eigenvalue weighted by molar-refractivity contribution is 0.174. The van der Waals surface area contributed by atoms with Gasteiger partial charge in [-0.05, 0) is 12.1 Å². The minimum Gasteiger partial charge on any atom is -0.454 e. The molecule has 0 unspecified atom stereocenters. The molecule has 0 saturated heterocycles. The van der Waals surface area contributed by atoms with Crippen molar-refractivity contribution in [2.45, 2.75) is 0 Å². The number of nitrogens with zero attached hydrogens (tertiary/aromatic N) is 1. The number of halogens is 1. The quantitative estimate of drug-likeness (QED) is 0.826. The Labute approximate surface area is 95.7 Å². The highest BCUT2D eigenvalue weighted by Crippen LogP contribution is 2.44. The topological polar surface area (TPSA) is 70.5 Å². The summed E-state index contributed by atoms with van der Waals surface area (Å²) in [6.07, 6.45) is 0. The van der Waals surface area contributed by atoms with Gasteiger partial charge in [0.1, 0.15) is 5.69 Å². The van der Waals surface area contributed by atoms with Gasteiger partial charge in [-0.15, -0.1) is 0 Å². The fourth-order valence-electron chi connectivity index (χ4n) is 1.55. The Morgan fingerprint density at radius 3 is 2.94 bits per heavy atom. The van der Waals surface area contributed by atoms with E-state index >= 15 is 0 Å². The van der Waals surface area contributed by atoms with E-state index in [1.54, 1.807) is 18.2 Å². The molecule has 0 aliphatic carbocycles. The zero-order valence-corrected chi connectivity index (χ0v) is 8.82. The SMILES string of the molecule is Nc1cc(-c2ccc3c(c2Cl)OCO3)no1. The second-order valence-electron chi connectivity index (χ2n) is 3.28. The number of hydrogen-bond donors (Lipinski definition) is 1. The molecule has 1 aliphatic rings. The third kappa shape index (κ3) is 1.29. The number of nitrogens with two attached hydrogens (primary N) is 1. The summed E-state index contributed by atoms with van der Waals surface area (Å²) in [4.78, 5) is 0. The molecule has 2 aromatic rings. The molecule has 0 amide bonds. The summed E-state index contributed by atoms with van der Waals surface area (Å²) in [5.41, 5.74) is 6.72. The third-order valence-electron chi connectivity index (χ3n) is 2.28. The fourth-order valence-corrected chi connectivity index (χ4v) is 1.86. The van der Waals surface area contributed by atoms with Gasteiger partial charge in [-0.3, -0.25) is 0 Å². The molecule has 1 aromatic carbocycles. The van der Waals surface area contributed by atoms with Gasteiger partial charge in [0.25, 0.3) is 0 Å². The lowest BCUT2D eigenvalue weighted by Gasteiger charge is -2.03. The average Bonchev–Trinajstić information content (AvgIpc) is 2.87. The molecule has 0 fully saturated rings. The molecule has 1 aromatic heterocycles. The predicted molar refractivity (Wildman–Crippen MR) is 57.5 cm³/mol. The van der Waals surface area contributed by atoms with Gasteiger partial charge in [0.05, 0.1) is 5.02 Å². The highest BCUT2D eigenvalue weighted by atomic mass is 35.5. The zero-order valence-electron chi connectivity index (χ0n) is 8.07. The highest BCUT2D eigenvalue weighted by Gasteiger charge is 2.21. The van der Waals surface area contributed by atoms with Crippen LogP contribution in [-0.2, 0) is 0 Å². The Morgan fingerprint density at radius 2 is 2.19 bits per heavy atom. The summed E-state index contributed by atoms with van der Waals surface area (Å²) >= 11 is 6.17. The first-order chi connectivity index (χ1) is 7.75. The van der Waals surface area contributed by atoms with Crippen LogP contribution in [0.5, 0.6) is 11.5 Å². The smallest absolute Gasteiger partial charge is 0.231 e. The van der Waals surface area contributed by atoms with Crippen LogP contribution in [0.3, 0.4) is 0 Å². The van der Waals surface area contributed by atoms with Crippen molar-refractivity contribution < 1.29 is 14.0 Å². The predicted octanol–water partition coefficient (Wildman–Crippen LogP) is 2.31. The Hall–Kier alpha value is -1.88. The van der Waals surface area contributed by atoms with Crippen molar-refractivity contribution in [3.63, 3.8) is 0 Å². The van der Waals surface area contributed by atoms with Gasteiger partial charge in [0.15, 0.2) is 11.5 Å². The van der Waals surface area contributed by atoms with E-state index in [9.17, 15) is 0 Å². The Balaban J connectivity index is 2.15. The van der Waals surface area contributed by atoms with Crippen LogP contribution in [0.1, 0.15) is 0 Å². The number of fused-ring (bicyclic) bond motifs is 1. The molecular weight excluding hydrogens is 232 g/mol. The molecule has 0 radical (unpaired) electrons. The van der Waals surface area contributed by atoms with E-state index in [0.717, 1.165) is 0 Å². The van der Waals surface area contributed by atoms with Crippen molar-refractivity contribution in [1.82, 2.24) is 5.16 Å². The Bertz CT molecular complexity index is 553. The molecule has 6 heteroatoms. The number of aromatic nitrogens is 1. The number of nitrogen functional groups attached to an aromatic ring is 1. The van der Waals surface area contributed by atoms with E-state index in [4.69, 9.17) is 31.3 Å². The second-order valence-corrected chi connectivity index (χ2v) is 3.65. The van der Waals surface area contributed by atoms with E-state index in [1.165, 1.54) is 0 Å². The Morgan fingerprint density at radius 1 is 1.31 bits per heavy atom. The first-order valence-corrected chi connectivity index (χ1v) is 4.94. The third-order valence-corrected chi connectivity index (χ3v) is 2.66. The van der Waals surface area contributed by atoms with Crippen molar-refractivity contribution in [2.24, 2.45) is 0 Å². The normalized spacial score (nSPS) is 13.1. The molecule has 16 heavy (non-hydrogen) atoms. The van der Waals surface area contributed by atoms with Crippen LogP contribution in [-0.4, -0.2) is 11.9 Å². The van der Waals surface area contributed by atoms with Crippen molar-refractivity contribution in [3.05, 3.63) is 23.2 Å². The maximum atomic E-state index is 6.17.